The molecule has 3 N–H and O–H groups in total. The summed E-state index contributed by atoms with van der Waals surface area (Å²) in [5, 5.41) is 16.7. The summed E-state index contributed by atoms with van der Waals surface area (Å²) in [6, 6.07) is 18.1. The van der Waals surface area contributed by atoms with Crippen LogP contribution in [0.4, 0.5) is 5.95 Å². The lowest BCUT2D eigenvalue weighted by Crippen LogP contribution is -2.26. The molecule has 7 heteroatoms. The number of aromatic amines is 1. The van der Waals surface area contributed by atoms with E-state index < -0.39 is 0 Å². The molecule has 2 heterocycles. The number of nitrogens with zero attached hydrogens (tertiary/aromatic N) is 3. The lowest BCUT2D eigenvalue weighted by atomic mass is 9.95. The van der Waals surface area contributed by atoms with Crippen LogP contribution in [0.1, 0.15) is 47.2 Å². The van der Waals surface area contributed by atoms with Crippen molar-refractivity contribution in [2.75, 3.05) is 11.9 Å². The Morgan fingerprint density at radius 3 is 2.78 bits per heavy atom. The van der Waals surface area contributed by atoms with Gasteiger partial charge in [-0.05, 0) is 73.4 Å². The van der Waals surface area contributed by atoms with Crippen molar-refractivity contribution < 1.29 is 4.79 Å². The molecule has 3 atom stereocenters. The summed E-state index contributed by atoms with van der Waals surface area (Å²) < 4.78 is 0. The Kier molecular flexibility index (Phi) is 5.86. The highest BCUT2D eigenvalue weighted by atomic mass is 16.1. The normalized spacial score (nSPS) is 20.4. The predicted octanol–water partition coefficient (Wildman–Crippen LogP) is 5.07. The molecule has 3 unspecified atom stereocenters. The third-order valence-electron chi connectivity index (χ3n) is 7.72. The van der Waals surface area contributed by atoms with Crippen LogP contribution in [0.25, 0.3) is 22.2 Å². The number of amides is 1. The molecule has 2 bridgehead atoms. The van der Waals surface area contributed by atoms with E-state index in [2.05, 4.69) is 26.7 Å². The summed E-state index contributed by atoms with van der Waals surface area (Å²) in [6.07, 6.45) is 9.45. The third kappa shape index (κ3) is 4.42. The zero-order valence-electron chi connectivity index (χ0n) is 20.0. The monoisotopic (exact) mass is 476 g/mol. The highest BCUT2D eigenvalue weighted by Gasteiger charge is 2.39. The van der Waals surface area contributed by atoms with Gasteiger partial charge in [0.25, 0.3) is 5.91 Å². The first kappa shape index (κ1) is 22.3. The molecule has 2 aliphatic rings. The van der Waals surface area contributed by atoms with Gasteiger partial charge in [0.1, 0.15) is 6.07 Å². The number of anilines is 1. The fourth-order valence-corrected chi connectivity index (χ4v) is 5.81. The SMILES string of the molecule is N#Cc1c[nH]c2ccc(CCNC(=O)c3ccc(-c4ccnc(NC5CC6CCC5C6)n4)cc3)cc12. The topological polar surface area (TPSA) is 106 Å². The second-order valence-corrected chi connectivity index (χ2v) is 9.97. The number of hydrogen-bond donors (Lipinski definition) is 3. The Bertz CT molecular complexity index is 1450. The molecule has 4 aromatic rings. The van der Waals surface area contributed by atoms with Crippen molar-refractivity contribution in [2.45, 2.75) is 38.1 Å². The van der Waals surface area contributed by atoms with E-state index in [-0.39, 0.29) is 5.91 Å². The number of nitrogens with one attached hydrogen (secondary N) is 3. The number of rotatable bonds is 7. The molecule has 0 saturated heterocycles. The van der Waals surface area contributed by atoms with Crippen molar-refractivity contribution >= 4 is 22.8 Å². The Labute approximate surface area is 210 Å². The lowest BCUT2D eigenvalue weighted by molar-refractivity contribution is 0.0954. The van der Waals surface area contributed by atoms with Crippen LogP contribution in [0.3, 0.4) is 0 Å². The molecule has 0 spiro atoms. The zero-order chi connectivity index (χ0) is 24.5. The minimum absolute atomic E-state index is 0.108. The van der Waals surface area contributed by atoms with Crippen LogP contribution in [0.15, 0.2) is 60.9 Å². The van der Waals surface area contributed by atoms with Gasteiger partial charge in [0, 0.05) is 47.0 Å². The molecule has 2 aromatic heterocycles. The Morgan fingerprint density at radius 1 is 1.11 bits per heavy atom. The van der Waals surface area contributed by atoms with Crippen LogP contribution in [-0.2, 0) is 6.42 Å². The van der Waals surface area contributed by atoms with Crippen LogP contribution in [0, 0.1) is 23.2 Å². The molecule has 2 aromatic carbocycles. The maximum Gasteiger partial charge on any atom is 0.251 e. The van der Waals surface area contributed by atoms with Gasteiger partial charge in [-0.1, -0.05) is 24.6 Å². The molecule has 180 valence electrons. The summed E-state index contributed by atoms with van der Waals surface area (Å²) in [4.78, 5) is 24.9. The fourth-order valence-electron chi connectivity index (χ4n) is 5.81. The average molecular weight is 477 g/mol. The third-order valence-corrected chi connectivity index (χ3v) is 7.72. The predicted molar refractivity (Wildman–Crippen MR) is 139 cm³/mol. The smallest absolute Gasteiger partial charge is 0.251 e. The largest absolute Gasteiger partial charge is 0.360 e. The van der Waals surface area contributed by atoms with Crippen LogP contribution < -0.4 is 10.6 Å². The summed E-state index contributed by atoms with van der Waals surface area (Å²) in [5.74, 6) is 2.20. The first-order valence-electron chi connectivity index (χ1n) is 12.6. The number of aromatic nitrogens is 3. The number of fused-ring (bicyclic) bond motifs is 3. The van der Waals surface area contributed by atoms with E-state index in [0.717, 1.165) is 39.6 Å². The lowest BCUT2D eigenvalue weighted by Gasteiger charge is -2.22. The van der Waals surface area contributed by atoms with E-state index >= 15 is 0 Å². The van der Waals surface area contributed by atoms with Gasteiger partial charge >= 0.3 is 0 Å². The van der Waals surface area contributed by atoms with E-state index in [1.165, 1.54) is 25.7 Å². The van der Waals surface area contributed by atoms with Crippen LogP contribution in [0.2, 0.25) is 0 Å². The van der Waals surface area contributed by atoms with E-state index in [4.69, 9.17) is 4.98 Å². The van der Waals surface area contributed by atoms with Crippen molar-refractivity contribution in [3.8, 4) is 17.3 Å². The molecule has 36 heavy (non-hydrogen) atoms. The molecular formula is C29H28N6O. The molecule has 2 aliphatic carbocycles. The van der Waals surface area contributed by atoms with Crippen LogP contribution >= 0.6 is 0 Å². The second kappa shape index (κ2) is 9.46. The number of nitriles is 1. The van der Waals surface area contributed by atoms with Gasteiger partial charge in [-0.3, -0.25) is 4.79 Å². The molecule has 0 radical (unpaired) electrons. The summed E-state index contributed by atoms with van der Waals surface area (Å²) in [7, 11) is 0. The van der Waals surface area contributed by atoms with Gasteiger partial charge in [0.05, 0.1) is 11.3 Å². The van der Waals surface area contributed by atoms with E-state index in [1.807, 2.05) is 48.5 Å². The molecule has 2 fully saturated rings. The quantitative estimate of drug-likeness (QED) is 0.345. The minimum Gasteiger partial charge on any atom is -0.360 e. The van der Waals surface area contributed by atoms with Gasteiger partial charge in [-0.25, -0.2) is 9.97 Å². The first-order chi connectivity index (χ1) is 17.7. The standard InChI is InChI=1S/C29H28N6O/c30-16-23-17-33-26-8-2-18(14-24(23)26)9-11-31-28(36)21-6-4-20(5-7-21)25-10-12-32-29(34-25)35-27-15-19-1-3-22(27)13-19/h2,4-8,10,12,14,17,19,22,27,33H,1,3,9,11,13,15H2,(H,31,36)(H,32,34,35). The summed E-state index contributed by atoms with van der Waals surface area (Å²) >= 11 is 0. The number of carbonyl (C=O) groups excluding carboxylic acids is 1. The molecule has 2 saturated carbocycles. The molecule has 1 amide bonds. The Morgan fingerprint density at radius 2 is 2.00 bits per heavy atom. The summed E-state index contributed by atoms with van der Waals surface area (Å²) in [6.45, 7) is 0.516. The van der Waals surface area contributed by atoms with Crippen LogP contribution in [0.5, 0.6) is 0 Å². The second-order valence-electron chi connectivity index (χ2n) is 9.97. The van der Waals surface area contributed by atoms with E-state index in [1.54, 1.807) is 12.4 Å². The molecule has 7 nitrogen and oxygen atoms in total. The zero-order valence-corrected chi connectivity index (χ0v) is 20.0. The number of hydrogen-bond acceptors (Lipinski definition) is 5. The fraction of sp³-hybridized carbons (Fsp3) is 0.310. The van der Waals surface area contributed by atoms with Gasteiger partial charge in [-0.15, -0.1) is 0 Å². The Balaban J connectivity index is 1.06. The van der Waals surface area contributed by atoms with Crippen molar-refractivity contribution in [2.24, 2.45) is 11.8 Å². The van der Waals surface area contributed by atoms with Crippen molar-refractivity contribution in [1.82, 2.24) is 20.3 Å². The highest BCUT2D eigenvalue weighted by molar-refractivity contribution is 5.94. The summed E-state index contributed by atoms with van der Waals surface area (Å²) in [5.41, 5.74) is 5.07. The maximum absolute atomic E-state index is 12.7. The Hall–Kier alpha value is -4.18. The number of H-pyrrole nitrogens is 1. The maximum atomic E-state index is 12.7. The number of benzene rings is 2. The van der Waals surface area contributed by atoms with Gasteiger partial charge < -0.3 is 15.6 Å². The van der Waals surface area contributed by atoms with E-state index in [0.29, 0.717) is 36.1 Å². The van der Waals surface area contributed by atoms with Crippen molar-refractivity contribution in [3.63, 3.8) is 0 Å². The van der Waals surface area contributed by atoms with E-state index in [9.17, 15) is 10.1 Å². The van der Waals surface area contributed by atoms with Gasteiger partial charge in [0.2, 0.25) is 5.95 Å². The molecule has 0 aliphatic heterocycles. The minimum atomic E-state index is -0.108. The average Bonchev–Trinajstić information content (AvgIpc) is 3.64. The first-order valence-corrected chi connectivity index (χ1v) is 12.6. The molecule has 6 rings (SSSR count). The molecular weight excluding hydrogens is 448 g/mol. The highest BCUT2D eigenvalue weighted by Crippen LogP contribution is 2.45. The van der Waals surface area contributed by atoms with Gasteiger partial charge in [-0.2, -0.15) is 5.26 Å². The van der Waals surface area contributed by atoms with Gasteiger partial charge in [0.15, 0.2) is 0 Å². The van der Waals surface area contributed by atoms with Crippen molar-refractivity contribution in [1.29, 1.82) is 5.26 Å². The van der Waals surface area contributed by atoms with Crippen LogP contribution in [-0.4, -0.2) is 33.4 Å². The van der Waals surface area contributed by atoms with Crippen molar-refractivity contribution in [3.05, 3.63) is 77.6 Å². The number of carbonyl (C=O) groups is 1.